The van der Waals surface area contributed by atoms with Gasteiger partial charge in [-0.1, -0.05) is 23.7 Å². The van der Waals surface area contributed by atoms with Crippen molar-refractivity contribution in [2.45, 2.75) is 19.1 Å². The normalized spacial score (nSPS) is 12.2. The van der Waals surface area contributed by atoms with Crippen LogP contribution in [0.1, 0.15) is 6.42 Å². The van der Waals surface area contributed by atoms with E-state index in [0.717, 1.165) is 4.70 Å². The number of hydrogen-bond acceptors (Lipinski definition) is 6. The number of nitrogens with zero attached hydrogens (tertiary/aromatic N) is 1. The van der Waals surface area contributed by atoms with E-state index >= 15 is 0 Å². The third kappa shape index (κ3) is 5.85. The molecule has 0 aliphatic rings. The predicted molar refractivity (Wildman–Crippen MR) is 89.0 cm³/mol. The molecule has 3 N–H and O–H groups in total. The minimum absolute atomic E-state index is 0.0634. The zero-order valence-corrected chi connectivity index (χ0v) is 14.5. The number of ether oxygens (including phenoxy) is 1. The molecule has 26 heavy (non-hydrogen) atoms. The molecule has 0 bridgehead atoms. The van der Waals surface area contributed by atoms with Gasteiger partial charge in [0.05, 0.1) is 23.1 Å². The molecule has 1 aromatic carbocycles. The third-order valence-corrected chi connectivity index (χ3v) is 4.32. The van der Waals surface area contributed by atoms with Crippen molar-refractivity contribution in [2.75, 3.05) is 13.7 Å². The van der Waals surface area contributed by atoms with E-state index in [9.17, 15) is 22.8 Å². The predicted octanol–water partition coefficient (Wildman–Crippen LogP) is 1.83. The van der Waals surface area contributed by atoms with Crippen LogP contribution in [0.3, 0.4) is 0 Å². The molecule has 144 valence electrons. The Hall–Kier alpha value is -2.40. The smallest absolute Gasteiger partial charge is 0.475 e. The summed E-state index contributed by atoms with van der Waals surface area (Å²) in [5, 5.41) is 7.81. The fourth-order valence-corrected chi connectivity index (χ4v) is 3.06. The van der Waals surface area contributed by atoms with E-state index in [0.29, 0.717) is 24.9 Å². The van der Waals surface area contributed by atoms with Crippen molar-refractivity contribution in [2.24, 2.45) is 11.7 Å². The Labute approximate surface area is 149 Å². The number of halogens is 3. The van der Waals surface area contributed by atoms with E-state index in [1.165, 1.54) is 18.6 Å². The minimum Gasteiger partial charge on any atom is -0.475 e. The van der Waals surface area contributed by atoms with Crippen molar-refractivity contribution in [3.05, 3.63) is 34.6 Å². The number of hydrogen-bond donors (Lipinski definition) is 2. The molecule has 0 radical (unpaired) electrons. The standard InChI is InChI=1S/C13H16N2O3S.C2HF3O2/c1-18-13(17)9(6-7-14)8-15-12(16)10-4-2-3-5-11(10)19-15;3-2(4,5)1(6)7/h2-5,9H,6-8,14H2,1H3;(H,6,7). The quantitative estimate of drug-likeness (QED) is 0.749. The zero-order chi connectivity index (χ0) is 19.9. The van der Waals surface area contributed by atoms with Gasteiger partial charge in [0.25, 0.3) is 5.56 Å². The van der Waals surface area contributed by atoms with E-state index in [4.69, 9.17) is 20.4 Å². The summed E-state index contributed by atoms with van der Waals surface area (Å²) >= 11 is 1.36. The maximum Gasteiger partial charge on any atom is 0.490 e. The third-order valence-electron chi connectivity index (χ3n) is 3.23. The Balaban J connectivity index is 0.000000412. The Morgan fingerprint density at radius 1 is 1.35 bits per heavy atom. The van der Waals surface area contributed by atoms with Crippen molar-refractivity contribution >= 4 is 33.6 Å². The van der Waals surface area contributed by atoms with Crippen LogP contribution in [-0.4, -0.2) is 40.8 Å². The fraction of sp³-hybridized carbons (Fsp3) is 0.400. The topological polar surface area (TPSA) is 112 Å². The summed E-state index contributed by atoms with van der Waals surface area (Å²) < 4.78 is 39.0. The Morgan fingerprint density at radius 3 is 2.38 bits per heavy atom. The van der Waals surface area contributed by atoms with Crippen molar-refractivity contribution in [3.8, 4) is 0 Å². The van der Waals surface area contributed by atoms with Crippen LogP contribution in [0.25, 0.3) is 10.1 Å². The average Bonchev–Trinajstić information content (AvgIpc) is 2.90. The van der Waals surface area contributed by atoms with E-state index < -0.39 is 12.1 Å². The van der Waals surface area contributed by atoms with Crippen LogP contribution in [0.4, 0.5) is 13.2 Å². The largest absolute Gasteiger partial charge is 0.490 e. The van der Waals surface area contributed by atoms with Gasteiger partial charge in [-0.05, 0) is 25.1 Å². The zero-order valence-electron chi connectivity index (χ0n) is 13.7. The summed E-state index contributed by atoms with van der Waals surface area (Å²) in [7, 11) is 1.35. The van der Waals surface area contributed by atoms with Crippen molar-refractivity contribution in [3.63, 3.8) is 0 Å². The SMILES string of the molecule is COC(=O)C(CCN)Cn1sc2ccccc2c1=O.O=C(O)C(F)(F)F. The highest BCUT2D eigenvalue weighted by Crippen LogP contribution is 2.18. The number of carboxylic acid groups (broad SMARTS) is 1. The van der Waals surface area contributed by atoms with E-state index in [1.54, 1.807) is 10.0 Å². The molecule has 1 unspecified atom stereocenters. The van der Waals surface area contributed by atoms with Gasteiger partial charge in [0.2, 0.25) is 0 Å². The molecule has 0 spiro atoms. The number of methoxy groups -OCH3 is 1. The maximum atomic E-state index is 12.2. The molecule has 1 atom stereocenters. The van der Waals surface area contributed by atoms with E-state index in [2.05, 4.69) is 0 Å². The molecule has 2 aromatic rings. The second-order valence-corrected chi connectivity index (χ2v) is 6.12. The first-order chi connectivity index (χ1) is 12.1. The van der Waals surface area contributed by atoms with Gasteiger partial charge in [-0.25, -0.2) is 4.79 Å². The Morgan fingerprint density at radius 2 is 1.92 bits per heavy atom. The first kappa shape index (κ1) is 21.6. The van der Waals surface area contributed by atoms with Gasteiger partial charge >= 0.3 is 18.1 Å². The van der Waals surface area contributed by atoms with Crippen LogP contribution in [0.2, 0.25) is 0 Å². The second-order valence-electron chi connectivity index (χ2n) is 5.05. The van der Waals surface area contributed by atoms with Crippen molar-refractivity contribution in [1.29, 1.82) is 0 Å². The molecular weight excluding hydrogens is 377 g/mol. The van der Waals surface area contributed by atoms with E-state index in [-0.39, 0.29) is 17.4 Å². The first-order valence-electron chi connectivity index (χ1n) is 7.28. The maximum absolute atomic E-state index is 12.2. The molecule has 0 aliphatic carbocycles. The number of alkyl halides is 3. The lowest BCUT2D eigenvalue weighted by molar-refractivity contribution is -0.192. The van der Waals surface area contributed by atoms with E-state index in [1.807, 2.05) is 18.2 Å². The van der Waals surface area contributed by atoms with Gasteiger partial charge in [0.15, 0.2) is 0 Å². The van der Waals surface area contributed by atoms with Gasteiger partial charge in [0, 0.05) is 6.54 Å². The molecule has 1 heterocycles. The summed E-state index contributed by atoms with van der Waals surface area (Å²) in [5.74, 6) is -3.46. The van der Waals surface area contributed by atoms with Gasteiger partial charge in [-0.3, -0.25) is 13.5 Å². The van der Waals surface area contributed by atoms with Gasteiger partial charge in [0.1, 0.15) is 0 Å². The molecule has 1 aromatic heterocycles. The molecule has 7 nitrogen and oxygen atoms in total. The Kier molecular flexibility index (Phi) is 7.77. The highest BCUT2D eigenvalue weighted by molar-refractivity contribution is 7.13. The lowest BCUT2D eigenvalue weighted by Crippen LogP contribution is -2.27. The molecular formula is C15H17F3N2O5S. The summed E-state index contributed by atoms with van der Waals surface area (Å²) in [5.41, 5.74) is 5.43. The summed E-state index contributed by atoms with van der Waals surface area (Å²) in [6, 6.07) is 7.41. The molecule has 0 amide bonds. The number of carbonyl (C=O) groups excluding carboxylic acids is 1. The number of fused-ring (bicyclic) bond motifs is 1. The van der Waals surface area contributed by atoms with Gasteiger partial charge in [-0.15, -0.1) is 0 Å². The first-order valence-corrected chi connectivity index (χ1v) is 8.06. The minimum atomic E-state index is -5.08. The van der Waals surface area contributed by atoms with Crippen LogP contribution in [0.5, 0.6) is 0 Å². The molecule has 0 fully saturated rings. The number of benzene rings is 1. The lowest BCUT2D eigenvalue weighted by atomic mass is 10.1. The van der Waals surface area contributed by atoms with Crippen molar-refractivity contribution in [1.82, 2.24) is 3.96 Å². The Bertz CT molecular complexity index is 815. The number of carbonyl (C=O) groups is 2. The number of nitrogens with two attached hydrogens (primary N) is 1. The number of carboxylic acids is 1. The summed E-state index contributed by atoms with van der Waals surface area (Å²) in [6.07, 6.45) is -4.58. The highest BCUT2D eigenvalue weighted by atomic mass is 32.1. The number of aromatic nitrogens is 1. The monoisotopic (exact) mass is 394 g/mol. The van der Waals surface area contributed by atoms with Gasteiger partial charge in [-0.2, -0.15) is 13.2 Å². The van der Waals surface area contributed by atoms with Crippen LogP contribution < -0.4 is 11.3 Å². The number of aliphatic carboxylic acids is 1. The van der Waals surface area contributed by atoms with Gasteiger partial charge < -0.3 is 15.6 Å². The average molecular weight is 394 g/mol. The van der Waals surface area contributed by atoms with Crippen LogP contribution >= 0.6 is 11.5 Å². The van der Waals surface area contributed by atoms with Crippen molar-refractivity contribution < 1.29 is 32.6 Å². The molecule has 11 heteroatoms. The second kappa shape index (κ2) is 9.34. The molecule has 0 aliphatic heterocycles. The van der Waals surface area contributed by atoms with Crippen LogP contribution in [0.15, 0.2) is 29.1 Å². The number of esters is 1. The fourth-order valence-electron chi connectivity index (χ4n) is 1.99. The molecule has 0 saturated carbocycles. The highest BCUT2D eigenvalue weighted by Gasteiger charge is 2.38. The summed E-state index contributed by atoms with van der Waals surface area (Å²) in [6.45, 7) is 0.710. The molecule has 2 rings (SSSR count). The van der Waals surface area contributed by atoms with Crippen LogP contribution in [0, 0.1) is 5.92 Å². The molecule has 0 saturated heterocycles. The van der Waals surface area contributed by atoms with Crippen LogP contribution in [-0.2, 0) is 20.9 Å². The lowest BCUT2D eigenvalue weighted by Gasteiger charge is -2.12. The summed E-state index contributed by atoms with van der Waals surface area (Å²) in [4.78, 5) is 32.7. The number of rotatable bonds is 5.